The van der Waals surface area contributed by atoms with Crippen LogP contribution in [0.4, 0.5) is 11.4 Å². The predicted octanol–water partition coefficient (Wildman–Crippen LogP) is 4.88. The van der Waals surface area contributed by atoms with Crippen molar-refractivity contribution in [3.05, 3.63) is 83.1 Å². The van der Waals surface area contributed by atoms with Gasteiger partial charge in [-0.15, -0.1) is 0 Å². The molecule has 3 rings (SSSR count). The minimum absolute atomic E-state index is 0.141. The maximum atomic E-state index is 12.3. The van der Waals surface area contributed by atoms with Gasteiger partial charge in [-0.3, -0.25) is 9.36 Å². The summed E-state index contributed by atoms with van der Waals surface area (Å²) in [4.78, 5) is 12.3. The van der Waals surface area contributed by atoms with Gasteiger partial charge in [0.1, 0.15) is 0 Å². The average Bonchev–Trinajstić information content (AvgIpc) is 3.03. The van der Waals surface area contributed by atoms with E-state index in [-0.39, 0.29) is 5.91 Å². The molecule has 0 saturated heterocycles. The lowest BCUT2D eigenvalue weighted by atomic mass is 10.1. The highest BCUT2D eigenvalue weighted by molar-refractivity contribution is 6.34. The second-order valence-electron chi connectivity index (χ2n) is 5.03. The highest BCUT2D eigenvalue weighted by atomic mass is 35.5. The van der Waals surface area contributed by atoms with Crippen LogP contribution in [0.25, 0.3) is 0 Å². The topological polar surface area (TPSA) is 34.0 Å². The van der Waals surface area contributed by atoms with Gasteiger partial charge in [-0.2, -0.15) is 0 Å². The predicted molar refractivity (Wildman–Crippen MR) is 90.1 cm³/mol. The van der Waals surface area contributed by atoms with Crippen LogP contribution in [0.15, 0.2) is 67.0 Å². The Hall–Kier alpha value is -2.52. The smallest absolute Gasteiger partial charge is 0.263 e. The van der Waals surface area contributed by atoms with Crippen molar-refractivity contribution in [1.29, 1.82) is 0 Å². The number of hydrogen-bond donors (Lipinski definition) is 1. The van der Waals surface area contributed by atoms with Crippen LogP contribution in [0.5, 0.6) is 0 Å². The SMILES string of the molecule is Cc1ccccc1Nc1ccc(C(=O)n2cccc2)c(Cl)c1. The first-order chi connectivity index (χ1) is 10.6. The lowest BCUT2D eigenvalue weighted by Gasteiger charge is -2.11. The Bertz CT molecular complexity index is 810. The van der Waals surface area contributed by atoms with Gasteiger partial charge in [0.2, 0.25) is 0 Å². The first-order valence-electron chi connectivity index (χ1n) is 6.95. The monoisotopic (exact) mass is 310 g/mol. The lowest BCUT2D eigenvalue weighted by molar-refractivity contribution is 0.0960. The van der Waals surface area contributed by atoms with E-state index in [0.29, 0.717) is 10.6 Å². The van der Waals surface area contributed by atoms with Crippen molar-refractivity contribution in [2.45, 2.75) is 6.92 Å². The number of hydrogen-bond acceptors (Lipinski definition) is 2. The van der Waals surface area contributed by atoms with Gasteiger partial charge in [0, 0.05) is 23.8 Å². The number of carbonyl (C=O) groups excluding carboxylic acids is 1. The molecular weight excluding hydrogens is 296 g/mol. The van der Waals surface area contributed by atoms with Crippen molar-refractivity contribution in [2.24, 2.45) is 0 Å². The summed E-state index contributed by atoms with van der Waals surface area (Å²) in [5.41, 5.74) is 3.49. The molecule has 0 unspecified atom stereocenters. The van der Waals surface area contributed by atoms with Gasteiger partial charge < -0.3 is 5.32 Å². The molecule has 0 bridgehead atoms. The van der Waals surface area contributed by atoms with Crippen LogP contribution in [0.1, 0.15) is 15.9 Å². The van der Waals surface area contributed by atoms with Crippen molar-refractivity contribution >= 4 is 28.9 Å². The maximum Gasteiger partial charge on any atom is 0.263 e. The minimum atomic E-state index is -0.141. The van der Waals surface area contributed by atoms with Crippen molar-refractivity contribution in [1.82, 2.24) is 4.57 Å². The fourth-order valence-electron chi connectivity index (χ4n) is 2.24. The number of aryl methyl sites for hydroxylation is 1. The summed E-state index contributed by atoms with van der Waals surface area (Å²) in [5, 5.41) is 3.74. The second-order valence-corrected chi connectivity index (χ2v) is 5.44. The third kappa shape index (κ3) is 2.90. The number of nitrogens with zero attached hydrogens (tertiary/aromatic N) is 1. The number of aromatic nitrogens is 1. The quantitative estimate of drug-likeness (QED) is 0.748. The molecule has 0 fully saturated rings. The molecule has 3 nitrogen and oxygen atoms in total. The summed E-state index contributed by atoms with van der Waals surface area (Å²) in [6.07, 6.45) is 3.41. The molecule has 0 atom stereocenters. The van der Waals surface area contributed by atoms with E-state index in [1.807, 2.05) is 37.3 Å². The zero-order valence-corrected chi connectivity index (χ0v) is 12.8. The molecule has 22 heavy (non-hydrogen) atoms. The summed E-state index contributed by atoms with van der Waals surface area (Å²) < 4.78 is 1.51. The van der Waals surface area contributed by atoms with E-state index in [4.69, 9.17) is 11.6 Å². The second kappa shape index (κ2) is 6.08. The van der Waals surface area contributed by atoms with E-state index < -0.39 is 0 Å². The number of benzene rings is 2. The molecule has 0 radical (unpaired) electrons. The largest absolute Gasteiger partial charge is 0.355 e. The van der Waals surface area contributed by atoms with Crippen LogP contribution < -0.4 is 5.32 Å². The van der Waals surface area contributed by atoms with Crippen LogP contribution in [0, 0.1) is 6.92 Å². The molecule has 2 aromatic carbocycles. The van der Waals surface area contributed by atoms with Crippen LogP contribution >= 0.6 is 11.6 Å². The van der Waals surface area contributed by atoms with Crippen LogP contribution in [0.3, 0.4) is 0 Å². The minimum Gasteiger partial charge on any atom is -0.355 e. The van der Waals surface area contributed by atoms with Crippen molar-refractivity contribution in [3.8, 4) is 0 Å². The first kappa shape index (κ1) is 14.4. The molecule has 0 aliphatic rings. The maximum absolute atomic E-state index is 12.3. The number of para-hydroxylation sites is 1. The van der Waals surface area contributed by atoms with E-state index in [1.54, 1.807) is 36.7 Å². The van der Waals surface area contributed by atoms with Gasteiger partial charge in [-0.1, -0.05) is 29.8 Å². The van der Waals surface area contributed by atoms with Gasteiger partial charge in [0.15, 0.2) is 0 Å². The summed E-state index contributed by atoms with van der Waals surface area (Å²) >= 11 is 6.27. The highest BCUT2D eigenvalue weighted by Crippen LogP contribution is 2.25. The van der Waals surface area contributed by atoms with Crippen molar-refractivity contribution in [2.75, 3.05) is 5.32 Å². The van der Waals surface area contributed by atoms with Crippen molar-refractivity contribution < 1.29 is 4.79 Å². The normalized spacial score (nSPS) is 10.5. The van der Waals surface area contributed by atoms with E-state index in [1.165, 1.54) is 4.57 Å². The molecule has 3 aromatic rings. The number of halogens is 1. The summed E-state index contributed by atoms with van der Waals surface area (Å²) in [7, 11) is 0. The third-order valence-electron chi connectivity index (χ3n) is 3.46. The number of carbonyl (C=O) groups is 1. The average molecular weight is 311 g/mol. The Labute approximate surface area is 134 Å². The molecule has 4 heteroatoms. The molecule has 1 N–H and O–H groups in total. The summed E-state index contributed by atoms with van der Waals surface area (Å²) in [5.74, 6) is -0.141. The molecule has 0 saturated carbocycles. The molecule has 1 aromatic heterocycles. The standard InChI is InChI=1S/C18H15ClN2O/c1-13-6-2-3-7-17(13)20-14-8-9-15(16(19)12-14)18(22)21-10-4-5-11-21/h2-12,20H,1H3. The van der Waals surface area contributed by atoms with Gasteiger partial charge >= 0.3 is 0 Å². The number of nitrogens with one attached hydrogen (secondary N) is 1. The van der Waals surface area contributed by atoms with E-state index in [2.05, 4.69) is 5.32 Å². The number of rotatable bonds is 3. The fourth-order valence-corrected chi connectivity index (χ4v) is 2.51. The van der Waals surface area contributed by atoms with E-state index in [9.17, 15) is 4.79 Å². The van der Waals surface area contributed by atoms with Gasteiger partial charge in [0.05, 0.1) is 10.6 Å². The van der Waals surface area contributed by atoms with E-state index >= 15 is 0 Å². The first-order valence-corrected chi connectivity index (χ1v) is 7.33. The Morgan fingerprint density at radius 1 is 1.05 bits per heavy atom. The molecule has 1 heterocycles. The van der Waals surface area contributed by atoms with Crippen LogP contribution in [0.2, 0.25) is 5.02 Å². The molecule has 0 aliphatic heterocycles. The Kier molecular flexibility index (Phi) is 3.98. The van der Waals surface area contributed by atoms with Crippen LogP contribution in [-0.4, -0.2) is 10.5 Å². The molecule has 0 aliphatic carbocycles. The van der Waals surface area contributed by atoms with Crippen LogP contribution in [-0.2, 0) is 0 Å². The van der Waals surface area contributed by atoms with Crippen molar-refractivity contribution in [3.63, 3.8) is 0 Å². The zero-order valence-electron chi connectivity index (χ0n) is 12.1. The molecule has 0 spiro atoms. The van der Waals surface area contributed by atoms with Gasteiger partial charge in [0.25, 0.3) is 5.91 Å². The number of anilines is 2. The third-order valence-corrected chi connectivity index (χ3v) is 3.78. The summed E-state index contributed by atoms with van der Waals surface area (Å²) in [6.45, 7) is 2.04. The van der Waals surface area contributed by atoms with Gasteiger partial charge in [-0.25, -0.2) is 0 Å². The zero-order chi connectivity index (χ0) is 15.5. The highest BCUT2D eigenvalue weighted by Gasteiger charge is 2.12. The summed E-state index contributed by atoms with van der Waals surface area (Å²) in [6, 6.07) is 17.0. The Balaban J connectivity index is 1.87. The Morgan fingerprint density at radius 3 is 2.45 bits per heavy atom. The molecule has 0 amide bonds. The molecule has 110 valence electrons. The lowest BCUT2D eigenvalue weighted by Crippen LogP contribution is -2.10. The Morgan fingerprint density at radius 2 is 1.77 bits per heavy atom. The van der Waals surface area contributed by atoms with E-state index in [0.717, 1.165) is 16.9 Å². The van der Waals surface area contributed by atoms with Gasteiger partial charge in [-0.05, 0) is 48.9 Å². The molecular formula is C18H15ClN2O. The fraction of sp³-hybridized carbons (Fsp3) is 0.0556.